The summed E-state index contributed by atoms with van der Waals surface area (Å²) in [6, 6.07) is 7.40. The molecule has 1 aromatic heterocycles. The molecule has 19 heavy (non-hydrogen) atoms. The number of hydrogen-bond acceptors (Lipinski definition) is 3. The van der Waals surface area contributed by atoms with Gasteiger partial charge in [-0.05, 0) is 31.2 Å². The predicted molar refractivity (Wildman–Crippen MR) is 75.1 cm³/mol. The van der Waals surface area contributed by atoms with E-state index in [1.54, 1.807) is 19.2 Å². The van der Waals surface area contributed by atoms with Gasteiger partial charge in [0.15, 0.2) is 0 Å². The SMILES string of the molecule is CCn1cc(CNc2ccc(C(=O)NC)cc2)cn1. The van der Waals surface area contributed by atoms with Crippen molar-refractivity contribution >= 4 is 11.6 Å². The lowest BCUT2D eigenvalue weighted by Crippen LogP contribution is -2.17. The largest absolute Gasteiger partial charge is 0.381 e. The van der Waals surface area contributed by atoms with Crippen LogP contribution in [0.1, 0.15) is 22.8 Å². The number of aryl methyl sites for hydroxylation is 1. The van der Waals surface area contributed by atoms with Crippen LogP contribution in [0.15, 0.2) is 36.7 Å². The Hall–Kier alpha value is -2.30. The smallest absolute Gasteiger partial charge is 0.251 e. The van der Waals surface area contributed by atoms with Crippen molar-refractivity contribution in [3.05, 3.63) is 47.8 Å². The highest BCUT2D eigenvalue weighted by molar-refractivity contribution is 5.94. The molecule has 100 valence electrons. The van der Waals surface area contributed by atoms with E-state index in [2.05, 4.69) is 22.7 Å². The molecule has 2 aromatic rings. The average molecular weight is 258 g/mol. The summed E-state index contributed by atoms with van der Waals surface area (Å²) in [5.41, 5.74) is 2.78. The number of carbonyl (C=O) groups is 1. The molecule has 0 aliphatic rings. The van der Waals surface area contributed by atoms with Crippen molar-refractivity contribution in [3.8, 4) is 0 Å². The normalized spacial score (nSPS) is 10.2. The van der Waals surface area contributed by atoms with Gasteiger partial charge in [-0.25, -0.2) is 0 Å². The summed E-state index contributed by atoms with van der Waals surface area (Å²) in [5.74, 6) is -0.0734. The van der Waals surface area contributed by atoms with E-state index in [1.165, 1.54) is 0 Å². The van der Waals surface area contributed by atoms with Gasteiger partial charge in [0.1, 0.15) is 0 Å². The maximum Gasteiger partial charge on any atom is 0.251 e. The molecule has 0 saturated carbocycles. The lowest BCUT2D eigenvalue weighted by Gasteiger charge is -2.05. The number of aromatic nitrogens is 2. The van der Waals surface area contributed by atoms with Crippen molar-refractivity contribution in [2.45, 2.75) is 20.0 Å². The number of nitrogens with zero attached hydrogens (tertiary/aromatic N) is 2. The molecule has 1 aromatic carbocycles. The number of hydrogen-bond donors (Lipinski definition) is 2. The molecule has 0 saturated heterocycles. The standard InChI is InChI=1S/C14H18N4O/c1-3-18-10-11(9-17-18)8-16-13-6-4-12(5-7-13)14(19)15-2/h4-7,9-10,16H,3,8H2,1-2H3,(H,15,19). The van der Waals surface area contributed by atoms with Crippen molar-refractivity contribution in [2.75, 3.05) is 12.4 Å². The van der Waals surface area contributed by atoms with Crippen LogP contribution < -0.4 is 10.6 Å². The molecule has 1 amide bonds. The van der Waals surface area contributed by atoms with E-state index in [0.29, 0.717) is 5.56 Å². The monoisotopic (exact) mass is 258 g/mol. The Kier molecular flexibility index (Phi) is 4.18. The van der Waals surface area contributed by atoms with E-state index < -0.39 is 0 Å². The third kappa shape index (κ3) is 3.34. The van der Waals surface area contributed by atoms with Gasteiger partial charge in [-0.1, -0.05) is 0 Å². The zero-order valence-electron chi connectivity index (χ0n) is 11.2. The summed E-state index contributed by atoms with van der Waals surface area (Å²) in [7, 11) is 1.62. The molecule has 0 bridgehead atoms. The van der Waals surface area contributed by atoms with Crippen molar-refractivity contribution in [1.29, 1.82) is 0 Å². The van der Waals surface area contributed by atoms with Gasteiger partial charge in [0.05, 0.1) is 6.20 Å². The second-order valence-electron chi connectivity index (χ2n) is 4.21. The van der Waals surface area contributed by atoms with Crippen LogP contribution in [0.25, 0.3) is 0 Å². The third-order valence-corrected chi connectivity index (χ3v) is 2.88. The highest BCUT2D eigenvalue weighted by Crippen LogP contribution is 2.11. The first kappa shape index (κ1) is 13.1. The Morgan fingerprint density at radius 3 is 2.63 bits per heavy atom. The van der Waals surface area contributed by atoms with E-state index in [4.69, 9.17) is 0 Å². The van der Waals surface area contributed by atoms with Crippen LogP contribution in [0, 0.1) is 0 Å². The summed E-state index contributed by atoms with van der Waals surface area (Å²) >= 11 is 0. The molecular formula is C14H18N4O. The van der Waals surface area contributed by atoms with Crippen LogP contribution in [-0.4, -0.2) is 22.7 Å². The summed E-state index contributed by atoms with van der Waals surface area (Å²) in [4.78, 5) is 11.4. The lowest BCUT2D eigenvalue weighted by atomic mass is 10.2. The highest BCUT2D eigenvalue weighted by atomic mass is 16.1. The first-order chi connectivity index (χ1) is 9.22. The Morgan fingerprint density at radius 2 is 2.05 bits per heavy atom. The van der Waals surface area contributed by atoms with Gasteiger partial charge in [0.2, 0.25) is 0 Å². The lowest BCUT2D eigenvalue weighted by molar-refractivity contribution is 0.0963. The molecule has 1 heterocycles. The van der Waals surface area contributed by atoms with E-state index >= 15 is 0 Å². The van der Waals surface area contributed by atoms with Gasteiger partial charge in [-0.15, -0.1) is 0 Å². The molecule has 0 aliphatic heterocycles. The van der Waals surface area contributed by atoms with E-state index in [0.717, 1.165) is 24.3 Å². The van der Waals surface area contributed by atoms with Gasteiger partial charge in [-0.3, -0.25) is 9.48 Å². The second-order valence-corrected chi connectivity index (χ2v) is 4.21. The summed E-state index contributed by atoms with van der Waals surface area (Å²) < 4.78 is 1.89. The molecule has 0 fully saturated rings. The van der Waals surface area contributed by atoms with Crippen LogP contribution >= 0.6 is 0 Å². The van der Waals surface area contributed by atoms with Gasteiger partial charge < -0.3 is 10.6 Å². The minimum absolute atomic E-state index is 0.0734. The molecule has 2 rings (SSSR count). The molecular weight excluding hydrogens is 240 g/mol. The fourth-order valence-corrected chi connectivity index (χ4v) is 1.76. The number of benzene rings is 1. The maximum absolute atomic E-state index is 11.4. The Morgan fingerprint density at radius 1 is 1.32 bits per heavy atom. The number of rotatable bonds is 5. The molecule has 0 radical (unpaired) electrons. The fourth-order valence-electron chi connectivity index (χ4n) is 1.76. The predicted octanol–water partition coefficient (Wildman–Crippen LogP) is 1.87. The first-order valence-electron chi connectivity index (χ1n) is 6.30. The molecule has 0 spiro atoms. The Bertz CT molecular complexity index is 545. The van der Waals surface area contributed by atoms with E-state index in [9.17, 15) is 4.79 Å². The molecule has 2 N–H and O–H groups in total. The molecule has 0 unspecified atom stereocenters. The third-order valence-electron chi connectivity index (χ3n) is 2.88. The maximum atomic E-state index is 11.4. The Labute approximate surface area is 112 Å². The zero-order chi connectivity index (χ0) is 13.7. The summed E-state index contributed by atoms with van der Waals surface area (Å²) in [5, 5.41) is 10.1. The number of anilines is 1. The minimum atomic E-state index is -0.0734. The zero-order valence-corrected chi connectivity index (χ0v) is 11.2. The van der Waals surface area contributed by atoms with E-state index in [-0.39, 0.29) is 5.91 Å². The van der Waals surface area contributed by atoms with Crippen molar-refractivity contribution in [2.24, 2.45) is 0 Å². The molecule has 5 heteroatoms. The van der Waals surface area contributed by atoms with Crippen molar-refractivity contribution in [3.63, 3.8) is 0 Å². The van der Waals surface area contributed by atoms with Crippen molar-refractivity contribution in [1.82, 2.24) is 15.1 Å². The van der Waals surface area contributed by atoms with Crippen LogP contribution in [-0.2, 0) is 13.1 Å². The molecule has 5 nitrogen and oxygen atoms in total. The van der Waals surface area contributed by atoms with Crippen LogP contribution in [0.4, 0.5) is 5.69 Å². The van der Waals surface area contributed by atoms with Gasteiger partial charge >= 0.3 is 0 Å². The van der Waals surface area contributed by atoms with Crippen molar-refractivity contribution < 1.29 is 4.79 Å². The average Bonchev–Trinajstić information content (AvgIpc) is 2.93. The minimum Gasteiger partial charge on any atom is -0.381 e. The number of amides is 1. The number of carbonyl (C=O) groups excluding carboxylic acids is 1. The highest BCUT2D eigenvalue weighted by Gasteiger charge is 2.02. The molecule has 0 aliphatic carbocycles. The van der Waals surface area contributed by atoms with Crippen LogP contribution in [0.2, 0.25) is 0 Å². The van der Waals surface area contributed by atoms with Gasteiger partial charge in [0, 0.05) is 43.1 Å². The quantitative estimate of drug-likeness (QED) is 0.860. The topological polar surface area (TPSA) is 59.0 Å². The van der Waals surface area contributed by atoms with E-state index in [1.807, 2.05) is 29.2 Å². The van der Waals surface area contributed by atoms with Gasteiger partial charge in [-0.2, -0.15) is 5.10 Å². The van der Waals surface area contributed by atoms with Gasteiger partial charge in [0.25, 0.3) is 5.91 Å². The fraction of sp³-hybridized carbons (Fsp3) is 0.286. The van der Waals surface area contributed by atoms with Crippen LogP contribution in [0.3, 0.4) is 0 Å². The Balaban J connectivity index is 1.94. The summed E-state index contributed by atoms with van der Waals surface area (Å²) in [6.07, 6.45) is 3.88. The summed E-state index contributed by atoms with van der Waals surface area (Å²) in [6.45, 7) is 3.65. The first-order valence-corrected chi connectivity index (χ1v) is 6.30. The van der Waals surface area contributed by atoms with Crippen LogP contribution in [0.5, 0.6) is 0 Å². The molecule has 0 atom stereocenters. The number of nitrogens with one attached hydrogen (secondary N) is 2. The second kappa shape index (κ2) is 6.04.